The number of hydrazine groups is 1. The Morgan fingerprint density at radius 3 is 2.71 bits per heavy atom. The highest BCUT2D eigenvalue weighted by atomic mass is 35.5. The van der Waals surface area contributed by atoms with Crippen molar-refractivity contribution in [3.63, 3.8) is 0 Å². The van der Waals surface area contributed by atoms with Crippen LogP contribution in [0.4, 0.5) is 0 Å². The van der Waals surface area contributed by atoms with Crippen LogP contribution in [0.1, 0.15) is 31.9 Å². The van der Waals surface area contributed by atoms with Gasteiger partial charge in [0.15, 0.2) is 0 Å². The van der Waals surface area contributed by atoms with Crippen LogP contribution in [0.2, 0.25) is 5.15 Å². The first-order chi connectivity index (χ1) is 6.69. The standard InChI is InChI=1S/C10H16ClN3/c1-3-7(2)10(14-12)8-4-5-9(11)13-6-8/h4-7,10,14H,3,12H2,1-2H3. The van der Waals surface area contributed by atoms with Crippen molar-refractivity contribution in [2.24, 2.45) is 11.8 Å². The fourth-order valence-electron chi connectivity index (χ4n) is 1.40. The van der Waals surface area contributed by atoms with Crippen molar-refractivity contribution in [2.75, 3.05) is 0 Å². The molecule has 3 N–H and O–H groups in total. The Balaban J connectivity index is 2.84. The summed E-state index contributed by atoms with van der Waals surface area (Å²) >= 11 is 5.71. The molecule has 78 valence electrons. The van der Waals surface area contributed by atoms with Crippen LogP contribution in [0.25, 0.3) is 0 Å². The van der Waals surface area contributed by atoms with E-state index in [1.807, 2.05) is 6.07 Å². The third kappa shape index (κ3) is 2.67. The molecule has 0 aliphatic rings. The molecule has 0 aliphatic carbocycles. The van der Waals surface area contributed by atoms with E-state index in [1.54, 1.807) is 12.3 Å². The molecule has 1 heterocycles. The molecule has 0 spiro atoms. The molecule has 14 heavy (non-hydrogen) atoms. The van der Waals surface area contributed by atoms with E-state index in [-0.39, 0.29) is 6.04 Å². The monoisotopic (exact) mass is 213 g/mol. The van der Waals surface area contributed by atoms with Gasteiger partial charge in [0.25, 0.3) is 0 Å². The van der Waals surface area contributed by atoms with E-state index < -0.39 is 0 Å². The average molecular weight is 214 g/mol. The molecule has 4 heteroatoms. The quantitative estimate of drug-likeness (QED) is 0.459. The van der Waals surface area contributed by atoms with Crippen molar-refractivity contribution in [1.29, 1.82) is 0 Å². The third-order valence-corrected chi connectivity index (χ3v) is 2.73. The summed E-state index contributed by atoms with van der Waals surface area (Å²) in [4.78, 5) is 4.03. The molecule has 0 aromatic carbocycles. The first-order valence-corrected chi connectivity index (χ1v) is 5.14. The number of hydrogen-bond donors (Lipinski definition) is 2. The SMILES string of the molecule is CCC(C)C(NN)c1ccc(Cl)nc1. The lowest BCUT2D eigenvalue weighted by Gasteiger charge is -2.21. The van der Waals surface area contributed by atoms with Gasteiger partial charge >= 0.3 is 0 Å². The van der Waals surface area contributed by atoms with Crippen LogP contribution in [-0.4, -0.2) is 4.98 Å². The number of nitrogens with zero attached hydrogens (tertiary/aromatic N) is 1. The molecule has 1 aromatic heterocycles. The summed E-state index contributed by atoms with van der Waals surface area (Å²) in [7, 11) is 0. The molecule has 0 bridgehead atoms. The van der Waals surface area contributed by atoms with Crippen molar-refractivity contribution in [2.45, 2.75) is 26.3 Å². The summed E-state index contributed by atoms with van der Waals surface area (Å²) < 4.78 is 0. The predicted octanol–water partition coefficient (Wildman–Crippen LogP) is 2.29. The fourth-order valence-corrected chi connectivity index (χ4v) is 1.51. The van der Waals surface area contributed by atoms with Crippen LogP contribution < -0.4 is 11.3 Å². The minimum Gasteiger partial charge on any atom is -0.271 e. The summed E-state index contributed by atoms with van der Waals surface area (Å²) in [5, 5.41) is 0.508. The summed E-state index contributed by atoms with van der Waals surface area (Å²) in [6.07, 6.45) is 2.83. The lowest BCUT2D eigenvalue weighted by atomic mass is 9.94. The van der Waals surface area contributed by atoms with Gasteiger partial charge in [-0.2, -0.15) is 0 Å². The van der Waals surface area contributed by atoms with Gasteiger partial charge in [-0.3, -0.25) is 11.3 Å². The van der Waals surface area contributed by atoms with Gasteiger partial charge in [0, 0.05) is 6.20 Å². The number of hydrogen-bond acceptors (Lipinski definition) is 3. The zero-order valence-corrected chi connectivity index (χ0v) is 9.25. The smallest absolute Gasteiger partial charge is 0.129 e. The number of rotatable bonds is 4. The average Bonchev–Trinajstić information content (AvgIpc) is 2.21. The molecule has 0 fully saturated rings. The maximum atomic E-state index is 5.71. The summed E-state index contributed by atoms with van der Waals surface area (Å²) in [6, 6.07) is 3.88. The largest absolute Gasteiger partial charge is 0.271 e. The highest BCUT2D eigenvalue weighted by Gasteiger charge is 2.16. The van der Waals surface area contributed by atoms with Crippen molar-refractivity contribution in [1.82, 2.24) is 10.4 Å². The topological polar surface area (TPSA) is 50.9 Å². The number of nitrogens with one attached hydrogen (secondary N) is 1. The number of aromatic nitrogens is 1. The molecule has 1 aromatic rings. The van der Waals surface area contributed by atoms with Gasteiger partial charge in [-0.05, 0) is 17.5 Å². The third-order valence-electron chi connectivity index (χ3n) is 2.50. The number of nitrogens with two attached hydrogens (primary N) is 1. The second-order valence-corrected chi connectivity index (χ2v) is 3.83. The van der Waals surface area contributed by atoms with Gasteiger partial charge in [0.1, 0.15) is 5.15 Å². The van der Waals surface area contributed by atoms with Gasteiger partial charge < -0.3 is 0 Å². The van der Waals surface area contributed by atoms with Crippen LogP contribution in [0.5, 0.6) is 0 Å². The maximum Gasteiger partial charge on any atom is 0.129 e. The Kier molecular flexibility index (Phi) is 4.32. The predicted molar refractivity (Wildman–Crippen MR) is 58.8 cm³/mol. The molecule has 3 nitrogen and oxygen atoms in total. The van der Waals surface area contributed by atoms with Crippen LogP contribution in [0.15, 0.2) is 18.3 Å². The summed E-state index contributed by atoms with van der Waals surface area (Å²) in [5.74, 6) is 5.98. The zero-order valence-electron chi connectivity index (χ0n) is 8.50. The molecule has 2 atom stereocenters. The van der Waals surface area contributed by atoms with E-state index in [2.05, 4.69) is 24.3 Å². The normalized spacial score (nSPS) is 15.1. The molecular weight excluding hydrogens is 198 g/mol. The Labute approximate surface area is 89.6 Å². The van der Waals surface area contributed by atoms with Crippen molar-refractivity contribution in [3.05, 3.63) is 29.0 Å². The van der Waals surface area contributed by atoms with Crippen molar-refractivity contribution in [3.8, 4) is 0 Å². The summed E-state index contributed by atoms with van der Waals surface area (Å²) in [6.45, 7) is 4.29. The molecule has 0 saturated carbocycles. The van der Waals surface area contributed by atoms with E-state index in [9.17, 15) is 0 Å². The van der Waals surface area contributed by atoms with Gasteiger partial charge in [-0.15, -0.1) is 0 Å². The van der Waals surface area contributed by atoms with Gasteiger partial charge in [0.05, 0.1) is 6.04 Å². The zero-order chi connectivity index (χ0) is 10.6. The lowest BCUT2D eigenvalue weighted by molar-refractivity contribution is 0.382. The number of pyridine rings is 1. The van der Waals surface area contributed by atoms with E-state index in [1.165, 1.54) is 0 Å². The Bertz CT molecular complexity index is 273. The molecular formula is C10H16ClN3. The van der Waals surface area contributed by atoms with Gasteiger partial charge in [-0.1, -0.05) is 37.9 Å². The van der Waals surface area contributed by atoms with Crippen LogP contribution in [0.3, 0.4) is 0 Å². The maximum absolute atomic E-state index is 5.71. The van der Waals surface area contributed by atoms with E-state index >= 15 is 0 Å². The lowest BCUT2D eigenvalue weighted by Crippen LogP contribution is -2.32. The molecule has 0 radical (unpaired) electrons. The highest BCUT2D eigenvalue weighted by molar-refractivity contribution is 6.29. The molecule has 1 rings (SSSR count). The number of halogens is 1. The second kappa shape index (κ2) is 5.29. The minimum atomic E-state index is 0.143. The first-order valence-electron chi connectivity index (χ1n) is 4.76. The van der Waals surface area contributed by atoms with Gasteiger partial charge in [-0.25, -0.2) is 4.98 Å². The molecule has 0 aliphatic heterocycles. The molecule has 0 amide bonds. The Morgan fingerprint density at radius 2 is 2.29 bits per heavy atom. The Hall–Kier alpha value is -0.640. The Morgan fingerprint density at radius 1 is 1.57 bits per heavy atom. The van der Waals surface area contributed by atoms with E-state index in [0.29, 0.717) is 11.1 Å². The first kappa shape index (κ1) is 11.4. The molecule has 2 unspecified atom stereocenters. The minimum absolute atomic E-state index is 0.143. The van der Waals surface area contributed by atoms with E-state index in [0.717, 1.165) is 12.0 Å². The highest BCUT2D eigenvalue weighted by Crippen LogP contribution is 2.23. The van der Waals surface area contributed by atoms with Crippen molar-refractivity contribution < 1.29 is 0 Å². The van der Waals surface area contributed by atoms with Crippen LogP contribution in [0, 0.1) is 5.92 Å². The second-order valence-electron chi connectivity index (χ2n) is 3.44. The fraction of sp³-hybridized carbons (Fsp3) is 0.500. The molecule has 0 saturated heterocycles. The van der Waals surface area contributed by atoms with Gasteiger partial charge in [0.2, 0.25) is 0 Å². The van der Waals surface area contributed by atoms with Crippen LogP contribution in [-0.2, 0) is 0 Å². The van der Waals surface area contributed by atoms with Crippen LogP contribution >= 0.6 is 11.6 Å². The van der Waals surface area contributed by atoms with E-state index in [4.69, 9.17) is 17.4 Å². The van der Waals surface area contributed by atoms with Crippen molar-refractivity contribution >= 4 is 11.6 Å². The summed E-state index contributed by atoms with van der Waals surface area (Å²) in [5.41, 5.74) is 3.88.